The molecule has 158 valence electrons. The molecule has 1 saturated heterocycles. The van der Waals surface area contributed by atoms with Crippen LogP contribution in [0.1, 0.15) is 35.3 Å². The zero-order chi connectivity index (χ0) is 21.4. The summed E-state index contributed by atoms with van der Waals surface area (Å²) in [5.74, 6) is -0.548. The van der Waals surface area contributed by atoms with E-state index < -0.39 is 0 Å². The fraction of sp³-hybridized carbons (Fsp3) is 0.429. The second-order valence-corrected chi connectivity index (χ2v) is 8.73. The van der Waals surface area contributed by atoms with Gasteiger partial charge in [0.25, 0.3) is 5.91 Å². The number of amides is 3. The first kappa shape index (κ1) is 20.3. The van der Waals surface area contributed by atoms with Gasteiger partial charge in [-0.05, 0) is 44.4 Å². The number of benzene rings is 1. The molecule has 4 rings (SSSR count). The van der Waals surface area contributed by atoms with Gasteiger partial charge in [0.1, 0.15) is 12.6 Å². The number of aromatic nitrogens is 1. The molecule has 1 aromatic heterocycles. The molecule has 9 heteroatoms. The van der Waals surface area contributed by atoms with Crippen LogP contribution in [-0.4, -0.2) is 60.8 Å². The molecule has 3 heterocycles. The Morgan fingerprint density at radius 1 is 1.27 bits per heavy atom. The van der Waals surface area contributed by atoms with Gasteiger partial charge in [0.05, 0.1) is 17.1 Å². The Balaban J connectivity index is 1.67. The van der Waals surface area contributed by atoms with Gasteiger partial charge in [0, 0.05) is 31.6 Å². The molecular formula is C21H25N5O3S. The molecule has 30 heavy (non-hydrogen) atoms. The first-order chi connectivity index (χ1) is 14.3. The average molecular weight is 428 g/mol. The van der Waals surface area contributed by atoms with Crippen molar-refractivity contribution in [3.63, 3.8) is 0 Å². The molecule has 2 aliphatic heterocycles. The Bertz CT molecular complexity index is 1000. The SMILES string of the molecule is Cc1csc(NC(=O)CN2C(=O)C3CCCCN3c3ccc(C(=O)N(C)C)cc32)n1. The molecule has 3 amide bonds. The van der Waals surface area contributed by atoms with Gasteiger partial charge in [-0.15, -0.1) is 11.3 Å². The van der Waals surface area contributed by atoms with E-state index in [1.165, 1.54) is 21.1 Å². The van der Waals surface area contributed by atoms with Crippen molar-refractivity contribution in [3.8, 4) is 0 Å². The lowest BCUT2D eigenvalue weighted by molar-refractivity contribution is -0.123. The lowest BCUT2D eigenvalue weighted by Crippen LogP contribution is -2.56. The van der Waals surface area contributed by atoms with Crippen molar-refractivity contribution in [2.45, 2.75) is 32.2 Å². The van der Waals surface area contributed by atoms with Crippen molar-refractivity contribution in [1.29, 1.82) is 0 Å². The summed E-state index contributed by atoms with van der Waals surface area (Å²) in [6.45, 7) is 2.54. The largest absolute Gasteiger partial charge is 0.358 e. The molecule has 1 aromatic carbocycles. The summed E-state index contributed by atoms with van der Waals surface area (Å²) in [6.07, 6.45) is 2.77. The van der Waals surface area contributed by atoms with Gasteiger partial charge >= 0.3 is 0 Å². The Morgan fingerprint density at radius 2 is 2.07 bits per heavy atom. The molecule has 2 aliphatic rings. The van der Waals surface area contributed by atoms with Crippen LogP contribution in [-0.2, 0) is 9.59 Å². The van der Waals surface area contributed by atoms with E-state index in [-0.39, 0.29) is 30.3 Å². The predicted octanol–water partition coefficient (Wildman–Crippen LogP) is 2.50. The lowest BCUT2D eigenvalue weighted by Gasteiger charge is -2.45. The standard InChI is InChI=1S/C21H25N5O3S/c1-13-12-30-21(22-13)23-18(27)11-26-17-10-14(19(28)24(2)3)7-8-15(17)25-9-5-4-6-16(25)20(26)29/h7-8,10,12,16H,4-6,9,11H2,1-3H3,(H,22,23,27). The number of nitrogens with zero attached hydrogens (tertiary/aromatic N) is 4. The minimum absolute atomic E-state index is 0.0953. The van der Waals surface area contributed by atoms with Crippen LogP contribution in [0.25, 0.3) is 0 Å². The summed E-state index contributed by atoms with van der Waals surface area (Å²) in [7, 11) is 3.38. The van der Waals surface area contributed by atoms with Crippen molar-refractivity contribution in [2.24, 2.45) is 0 Å². The van der Waals surface area contributed by atoms with Crippen molar-refractivity contribution in [2.75, 3.05) is 42.3 Å². The quantitative estimate of drug-likeness (QED) is 0.810. The maximum atomic E-state index is 13.3. The van der Waals surface area contributed by atoms with Gasteiger partial charge in [-0.2, -0.15) is 0 Å². The molecule has 0 radical (unpaired) electrons. The maximum absolute atomic E-state index is 13.3. The Labute approximate surface area is 179 Å². The molecule has 2 aromatic rings. The predicted molar refractivity (Wildman–Crippen MR) is 117 cm³/mol. The van der Waals surface area contributed by atoms with Crippen LogP contribution in [0.5, 0.6) is 0 Å². The summed E-state index contributed by atoms with van der Waals surface area (Å²) in [5, 5.41) is 5.14. The summed E-state index contributed by atoms with van der Waals surface area (Å²) >= 11 is 1.35. The smallest absolute Gasteiger partial charge is 0.253 e. The number of anilines is 3. The van der Waals surface area contributed by atoms with E-state index in [1.54, 1.807) is 26.2 Å². The van der Waals surface area contributed by atoms with Crippen LogP contribution in [0.15, 0.2) is 23.6 Å². The van der Waals surface area contributed by atoms with Crippen LogP contribution in [0.2, 0.25) is 0 Å². The molecule has 1 unspecified atom stereocenters. The summed E-state index contributed by atoms with van der Waals surface area (Å²) < 4.78 is 0. The average Bonchev–Trinajstić information content (AvgIpc) is 3.14. The van der Waals surface area contributed by atoms with Crippen LogP contribution < -0.4 is 15.1 Å². The Kier molecular flexibility index (Phi) is 5.46. The molecule has 0 aliphatic carbocycles. The van der Waals surface area contributed by atoms with Gasteiger partial charge in [0.2, 0.25) is 11.8 Å². The maximum Gasteiger partial charge on any atom is 0.253 e. The lowest BCUT2D eigenvalue weighted by atomic mass is 9.95. The summed E-state index contributed by atoms with van der Waals surface area (Å²) in [6, 6.07) is 5.14. The molecule has 1 atom stereocenters. The normalized spacial score (nSPS) is 18.0. The number of piperidine rings is 1. The zero-order valence-corrected chi connectivity index (χ0v) is 18.2. The second-order valence-electron chi connectivity index (χ2n) is 7.87. The molecule has 0 saturated carbocycles. The van der Waals surface area contributed by atoms with Crippen LogP contribution in [0.3, 0.4) is 0 Å². The minimum Gasteiger partial charge on any atom is -0.358 e. The van der Waals surface area contributed by atoms with E-state index in [9.17, 15) is 14.4 Å². The molecular weight excluding hydrogens is 402 g/mol. The second kappa shape index (κ2) is 8.06. The topological polar surface area (TPSA) is 85.8 Å². The van der Waals surface area contributed by atoms with Crippen LogP contribution >= 0.6 is 11.3 Å². The van der Waals surface area contributed by atoms with E-state index in [1.807, 2.05) is 18.4 Å². The molecule has 0 spiro atoms. The van der Waals surface area contributed by atoms with Crippen molar-refractivity contribution < 1.29 is 14.4 Å². The van der Waals surface area contributed by atoms with Crippen molar-refractivity contribution >= 4 is 45.6 Å². The van der Waals surface area contributed by atoms with Gasteiger partial charge in [-0.1, -0.05) is 0 Å². The fourth-order valence-corrected chi connectivity index (χ4v) is 4.73. The third-order valence-corrected chi connectivity index (χ3v) is 6.33. The number of nitrogens with one attached hydrogen (secondary N) is 1. The van der Waals surface area contributed by atoms with Crippen molar-refractivity contribution in [3.05, 3.63) is 34.8 Å². The van der Waals surface area contributed by atoms with Gasteiger partial charge in [-0.3, -0.25) is 19.3 Å². The Hall–Kier alpha value is -2.94. The number of hydrogen-bond acceptors (Lipinski definition) is 6. The highest BCUT2D eigenvalue weighted by Crippen LogP contribution is 2.40. The monoisotopic (exact) mass is 427 g/mol. The van der Waals surface area contributed by atoms with E-state index in [0.717, 1.165) is 37.2 Å². The number of carbonyl (C=O) groups is 3. The van der Waals surface area contributed by atoms with Crippen LogP contribution in [0.4, 0.5) is 16.5 Å². The fourth-order valence-electron chi connectivity index (χ4n) is 4.03. The van der Waals surface area contributed by atoms with E-state index in [0.29, 0.717) is 16.4 Å². The zero-order valence-electron chi connectivity index (χ0n) is 17.3. The molecule has 0 bridgehead atoms. The number of hydrogen-bond donors (Lipinski definition) is 1. The van der Waals surface area contributed by atoms with Crippen LogP contribution in [0, 0.1) is 6.92 Å². The summed E-state index contributed by atoms with van der Waals surface area (Å²) in [5.41, 5.74) is 2.83. The number of rotatable bonds is 4. The third kappa shape index (κ3) is 3.77. The van der Waals surface area contributed by atoms with Gasteiger partial charge in [0.15, 0.2) is 5.13 Å². The molecule has 8 nitrogen and oxygen atoms in total. The van der Waals surface area contributed by atoms with Crippen molar-refractivity contribution in [1.82, 2.24) is 9.88 Å². The number of thiazole rings is 1. The number of aryl methyl sites for hydroxylation is 1. The molecule has 1 N–H and O–H groups in total. The third-order valence-electron chi connectivity index (χ3n) is 5.45. The first-order valence-electron chi connectivity index (χ1n) is 10.0. The van der Waals surface area contributed by atoms with Gasteiger partial charge in [-0.25, -0.2) is 4.98 Å². The Morgan fingerprint density at radius 3 is 2.77 bits per heavy atom. The van der Waals surface area contributed by atoms with E-state index in [2.05, 4.69) is 15.2 Å². The number of carbonyl (C=O) groups excluding carboxylic acids is 3. The highest BCUT2D eigenvalue weighted by Gasteiger charge is 2.40. The van der Waals surface area contributed by atoms with E-state index in [4.69, 9.17) is 0 Å². The molecule has 1 fully saturated rings. The summed E-state index contributed by atoms with van der Waals surface area (Å²) in [4.78, 5) is 47.9. The highest BCUT2D eigenvalue weighted by molar-refractivity contribution is 7.13. The number of fused-ring (bicyclic) bond motifs is 3. The van der Waals surface area contributed by atoms with E-state index >= 15 is 0 Å². The first-order valence-corrected chi connectivity index (χ1v) is 10.9. The minimum atomic E-state index is -0.308. The van der Waals surface area contributed by atoms with Gasteiger partial charge < -0.3 is 15.1 Å². The highest BCUT2D eigenvalue weighted by atomic mass is 32.1.